The van der Waals surface area contributed by atoms with Gasteiger partial charge in [0.2, 0.25) is 0 Å². The van der Waals surface area contributed by atoms with Gasteiger partial charge in [-0.05, 0) is 52.6 Å². The maximum absolute atomic E-state index is 11.1. The smallest absolute Gasteiger partial charge is 0.258 e. The number of rotatable bonds is 6. The summed E-state index contributed by atoms with van der Waals surface area (Å²) in [6.07, 6.45) is 3.15. The normalized spacial score (nSPS) is 14.3. The fraction of sp³-hybridized carbons (Fsp3) is 0.0645. The Bertz CT molecular complexity index is 1570. The van der Waals surface area contributed by atoms with Crippen molar-refractivity contribution < 1.29 is 4.92 Å². The summed E-state index contributed by atoms with van der Waals surface area (Å²) in [5.41, 5.74) is 8.85. The first-order valence-electron chi connectivity index (χ1n) is 11.9. The second-order valence-corrected chi connectivity index (χ2v) is 8.92. The molecule has 6 rings (SSSR count). The summed E-state index contributed by atoms with van der Waals surface area (Å²) in [6.45, 7) is 0. The van der Waals surface area contributed by atoms with Gasteiger partial charge in [-0.15, -0.1) is 0 Å². The van der Waals surface area contributed by atoms with Crippen molar-refractivity contribution in [1.82, 2.24) is 9.78 Å². The van der Waals surface area contributed by atoms with E-state index in [0.29, 0.717) is 0 Å². The van der Waals surface area contributed by atoms with Gasteiger partial charge in [0, 0.05) is 35.7 Å². The van der Waals surface area contributed by atoms with Crippen molar-refractivity contribution in [3.63, 3.8) is 0 Å². The maximum Gasteiger partial charge on any atom is 0.269 e. The van der Waals surface area contributed by atoms with Gasteiger partial charge in [-0.2, -0.15) is 5.10 Å². The van der Waals surface area contributed by atoms with E-state index in [0.717, 1.165) is 29.1 Å². The monoisotopic (exact) mass is 469 g/mol. The lowest BCUT2D eigenvalue weighted by molar-refractivity contribution is -0.384. The number of non-ortho nitro benzene ring substituents is 1. The summed E-state index contributed by atoms with van der Waals surface area (Å²) in [5.74, 6) is 0.209. The van der Waals surface area contributed by atoms with Crippen LogP contribution < -0.4 is 0 Å². The number of nitrogens with zero attached hydrogens (tertiary/aromatic N) is 3. The van der Waals surface area contributed by atoms with Crippen molar-refractivity contribution in [3.8, 4) is 16.9 Å². The minimum absolute atomic E-state index is 0.0719. The van der Waals surface area contributed by atoms with Gasteiger partial charge in [-0.1, -0.05) is 78.9 Å². The number of fused-ring (bicyclic) bond motifs is 1. The van der Waals surface area contributed by atoms with Crippen molar-refractivity contribution >= 4 is 11.3 Å². The highest BCUT2D eigenvalue weighted by Gasteiger charge is 2.26. The maximum atomic E-state index is 11.1. The molecule has 4 aromatic carbocycles. The van der Waals surface area contributed by atoms with Gasteiger partial charge in [-0.3, -0.25) is 10.1 Å². The van der Waals surface area contributed by atoms with E-state index >= 15 is 0 Å². The lowest BCUT2D eigenvalue weighted by Gasteiger charge is -2.13. The Kier molecular flexibility index (Phi) is 5.51. The zero-order valence-electron chi connectivity index (χ0n) is 19.5. The molecule has 1 heterocycles. The molecule has 1 aliphatic carbocycles. The third-order valence-electron chi connectivity index (χ3n) is 6.69. The van der Waals surface area contributed by atoms with Crippen molar-refractivity contribution in [2.45, 2.75) is 12.3 Å². The third kappa shape index (κ3) is 4.01. The molecule has 0 bridgehead atoms. The Morgan fingerprint density at radius 1 is 0.778 bits per heavy atom. The first kappa shape index (κ1) is 21.7. The molecule has 174 valence electrons. The van der Waals surface area contributed by atoms with E-state index < -0.39 is 0 Å². The summed E-state index contributed by atoms with van der Waals surface area (Å²) in [4.78, 5) is 10.7. The largest absolute Gasteiger partial charge is 0.269 e. The minimum atomic E-state index is -0.383. The molecule has 5 heteroatoms. The second kappa shape index (κ2) is 9.12. The highest BCUT2D eigenvalue weighted by atomic mass is 16.6. The van der Waals surface area contributed by atoms with Gasteiger partial charge in [0.15, 0.2) is 0 Å². The number of para-hydroxylation sites is 1. The molecule has 1 unspecified atom stereocenters. The molecule has 1 aliphatic rings. The lowest BCUT2D eigenvalue weighted by atomic mass is 9.95. The van der Waals surface area contributed by atoms with Gasteiger partial charge in [0.1, 0.15) is 0 Å². The Hall–Kier alpha value is -4.77. The molecular formula is C31H23N3O2. The number of hydrogen-bond donors (Lipinski definition) is 0. The summed E-state index contributed by atoms with van der Waals surface area (Å²) in [5, 5.41) is 16.0. The van der Waals surface area contributed by atoms with Crippen LogP contribution in [0.15, 0.2) is 121 Å². The van der Waals surface area contributed by atoms with Gasteiger partial charge in [-0.25, -0.2) is 4.68 Å². The second-order valence-electron chi connectivity index (χ2n) is 8.92. The molecule has 5 aromatic rings. The predicted molar refractivity (Wildman–Crippen MR) is 142 cm³/mol. The number of allylic oxidation sites excluding steroid dienone is 1. The van der Waals surface area contributed by atoms with Crippen molar-refractivity contribution in [2.24, 2.45) is 0 Å². The molecule has 1 atom stereocenters. The molecule has 36 heavy (non-hydrogen) atoms. The summed E-state index contributed by atoms with van der Waals surface area (Å²) in [6, 6.07) is 37.9. The standard InChI is InChI=1S/C31H23N3O2/c35-34(36)26-17-15-23(16-18-26)31-21-27(33(32-31)25-11-5-2-6-12-25)19-24-20-30(22-9-3-1-4-10-22)29-14-8-7-13-28(24)29/h1-18,20-21,24H,19H2. The van der Waals surface area contributed by atoms with Gasteiger partial charge < -0.3 is 0 Å². The molecule has 0 saturated heterocycles. The minimum Gasteiger partial charge on any atom is -0.258 e. The van der Waals surface area contributed by atoms with Crippen LogP contribution in [0.2, 0.25) is 0 Å². The number of benzene rings is 4. The van der Waals surface area contributed by atoms with E-state index in [9.17, 15) is 10.1 Å². The van der Waals surface area contributed by atoms with Gasteiger partial charge in [0.05, 0.1) is 16.3 Å². The van der Waals surface area contributed by atoms with Crippen LogP contribution in [0.25, 0.3) is 22.5 Å². The van der Waals surface area contributed by atoms with E-state index in [1.165, 1.54) is 34.4 Å². The van der Waals surface area contributed by atoms with Crippen LogP contribution >= 0.6 is 0 Å². The highest BCUT2D eigenvalue weighted by Crippen LogP contribution is 2.41. The van der Waals surface area contributed by atoms with Gasteiger partial charge in [0.25, 0.3) is 5.69 Å². The number of nitro groups is 1. The molecule has 0 amide bonds. The topological polar surface area (TPSA) is 61.0 Å². The van der Waals surface area contributed by atoms with Crippen molar-refractivity contribution in [2.75, 3.05) is 0 Å². The molecule has 1 aromatic heterocycles. The van der Waals surface area contributed by atoms with Gasteiger partial charge >= 0.3 is 0 Å². The summed E-state index contributed by atoms with van der Waals surface area (Å²) < 4.78 is 1.99. The number of aromatic nitrogens is 2. The zero-order valence-corrected chi connectivity index (χ0v) is 19.5. The van der Waals surface area contributed by atoms with Crippen LogP contribution in [0, 0.1) is 10.1 Å². The third-order valence-corrected chi connectivity index (χ3v) is 6.69. The highest BCUT2D eigenvalue weighted by molar-refractivity contribution is 5.85. The van der Waals surface area contributed by atoms with E-state index in [-0.39, 0.29) is 16.5 Å². The van der Waals surface area contributed by atoms with Crippen molar-refractivity contribution in [3.05, 3.63) is 154 Å². The Morgan fingerprint density at radius 3 is 2.17 bits per heavy atom. The Labute approximate surface area is 209 Å². The molecule has 0 fully saturated rings. The van der Waals surface area contributed by atoms with E-state index in [1.807, 2.05) is 41.1 Å². The Morgan fingerprint density at radius 2 is 1.44 bits per heavy atom. The van der Waals surface area contributed by atoms with E-state index in [2.05, 4.69) is 60.7 Å². The first-order chi connectivity index (χ1) is 17.7. The molecule has 0 radical (unpaired) electrons. The molecule has 5 nitrogen and oxygen atoms in total. The van der Waals surface area contributed by atoms with Crippen LogP contribution in [0.5, 0.6) is 0 Å². The molecule has 0 saturated carbocycles. The predicted octanol–water partition coefficient (Wildman–Crippen LogP) is 7.22. The quantitative estimate of drug-likeness (QED) is 0.195. The fourth-order valence-corrected chi connectivity index (χ4v) is 4.96. The van der Waals surface area contributed by atoms with Crippen LogP contribution in [-0.4, -0.2) is 14.7 Å². The van der Waals surface area contributed by atoms with Crippen LogP contribution in [0.3, 0.4) is 0 Å². The number of hydrogen-bond acceptors (Lipinski definition) is 3. The lowest BCUT2D eigenvalue weighted by Crippen LogP contribution is -2.06. The van der Waals surface area contributed by atoms with E-state index in [4.69, 9.17) is 5.10 Å². The zero-order chi connectivity index (χ0) is 24.5. The summed E-state index contributed by atoms with van der Waals surface area (Å²) >= 11 is 0. The van der Waals surface area contributed by atoms with Crippen LogP contribution in [0.1, 0.15) is 28.3 Å². The molecule has 0 N–H and O–H groups in total. The van der Waals surface area contributed by atoms with Crippen LogP contribution in [-0.2, 0) is 6.42 Å². The molecular weight excluding hydrogens is 446 g/mol. The summed E-state index contributed by atoms with van der Waals surface area (Å²) in [7, 11) is 0. The average molecular weight is 470 g/mol. The SMILES string of the molecule is O=[N+]([O-])c1ccc(-c2cc(CC3C=C(c4ccccc4)c4ccccc43)n(-c3ccccc3)n2)cc1. The Balaban J connectivity index is 1.42. The average Bonchev–Trinajstić information content (AvgIpc) is 3.52. The van der Waals surface area contributed by atoms with Crippen molar-refractivity contribution in [1.29, 1.82) is 0 Å². The number of nitro benzene ring substituents is 1. The fourth-order valence-electron chi connectivity index (χ4n) is 4.96. The van der Waals surface area contributed by atoms with Crippen LogP contribution in [0.4, 0.5) is 5.69 Å². The molecule has 0 spiro atoms. The first-order valence-corrected chi connectivity index (χ1v) is 11.9. The molecule has 0 aliphatic heterocycles. The van der Waals surface area contributed by atoms with E-state index in [1.54, 1.807) is 12.1 Å².